The van der Waals surface area contributed by atoms with Gasteiger partial charge >= 0.3 is 0 Å². The quantitative estimate of drug-likeness (QED) is 0.903. The van der Waals surface area contributed by atoms with Crippen LogP contribution >= 0.6 is 0 Å². The zero-order chi connectivity index (χ0) is 15.2. The Balaban J connectivity index is 2.01. The van der Waals surface area contributed by atoms with Gasteiger partial charge in [0.1, 0.15) is 0 Å². The third-order valence-corrected chi connectivity index (χ3v) is 4.68. The second-order valence-electron chi connectivity index (χ2n) is 6.45. The Bertz CT molecular complexity index is 438. The van der Waals surface area contributed by atoms with E-state index >= 15 is 0 Å². The summed E-state index contributed by atoms with van der Waals surface area (Å²) in [5.41, 5.74) is 1.28. The Kier molecular flexibility index (Phi) is 5.80. The minimum Gasteiger partial charge on any atom is -0.343 e. The van der Waals surface area contributed by atoms with Crippen LogP contribution in [-0.4, -0.2) is 37.0 Å². The molecule has 0 saturated carbocycles. The molecule has 116 valence electrons. The average molecular weight is 288 g/mol. The van der Waals surface area contributed by atoms with Crippen LogP contribution in [0.4, 0.5) is 0 Å². The molecule has 1 amide bonds. The lowest BCUT2D eigenvalue weighted by Gasteiger charge is -2.33. The largest absolute Gasteiger partial charge is 0.343 e. The first-order valence-corrected chi connectivity index (χ1v) is 8.11. The van der Waals surface area contributed by atoms with Crippen LogP contribution < -0.4 is 5.32 Å². The number of piperidine rings is 1. The number of carbonyl (C=O) groups is 1. The maximum atomic E-state index is 12.6. The predicted octanol–water partition coefficient (Wildman–Crippen LogP) is 3.03. The Morgan fingerprint density at radius 2 is 1.86 bits per heavy atom. The third-order valence-electron chi connectivity index (χ3n) is 4.68. The van der Waals surface area contributed by atoms with Crippen LogP contribution in [0.3, 0.4) is 0 Å². The summed E-state index contributed by atoms with van der Waals surface area (Å²) in [5.74, 6) is 1.06. The van der Waals surface area contributed by atoms with E-state index in [2.05, 4.69) is 43.4 Å². The van der Waals surface area contributed by atoms with Crippen molar-refractivity contribution < 1.29 is 4.79 Å². The zero-order valence-electron chi connectivity index (χ0n) is 13.5. The van der Waals surface area contributed by atoms with E-state index in [1.165, 1.54) is 5.56 Å². The van der Waals surface area contributed by atoms with Crippen LogP contribution in [0.1, 0.15) is 44.6 Å². The van der Waals surface area contributed by atoms with Gasteiger partial charge in [-0.05, 0) is 43.3 Å². The van der Waals surface area contributed by atoms with Crippen LogP contribution in [0.5, 0.6) is 0 Å². The van der Waals surface area contributed by atoms with E-state index in [4.69, 9.17) is 0 Å². The molecule has 1 N–H and O–H groups in total. The second-order valence-corrected chi connectivity index (χ2v) is 6.45. The summed E-state index contributed by atoms with van der Waals surface area (Å²) in [7, 11) is 1.97. The molecule has 0 spiro atoms. The lowest BCUT2D eigenvalue weighted by atomic mass is 9.85. The molecule has 1 fully saturated rings. The van der Waals surface area contributed by atoms with Crippen molar-refractivity contribution >= 4 is 5.91 Å². The van der Waals surface area contributed by atoms with E-state index in [1.807, 2.05) is 18.0 Å². The molecule has 1 aliphatic rings. The third kappa shape index (κ3) is 4.31. The van der Waals surface area contributed by atoms with Crippen LogP contribution in [0.2, 0.25) is 0 Å². The maximum Gasteiger partial charge on any atom is 0.223 e. The van der Waals surface area contributed by atoms with Gasteiger partial charge < -0.3 is 10.2 Å². The number of benzene rings is 1. The Labute approximate surface area is 128 Å². The van der Waals surface area contributed by atoms with Crippen LogP contribution in [-0.2, 0) is 4.79 Å². The fourth-order valence-corrected chi connectivity index (χ4v) is 3.17. The monoisotopic (exact) mass is 288 g/mol. The van der Waals surface area contributed by atoms with Crippen LogP contribution in [0.25, 0.3) is 0 Å². The van der Waals surface area contributed by atoms with Crippen molar-refractivity contribution in [1.29, 1.82) is 0 Å². The summed E-state index contributed by atoms with van der Waals surface area (Å²) in [6, 6.07) is 10.8. The van der Waals surface area contributed by atoms with Gasteiger partial charge in [0.2, 0.25) is 5.91 Å². The molecular formula is C18H28N2O. The van der Waals surface area contributed by atoms with Crippen molar-refractivity contribution in [2.75, 3.05) is 20.1 Å². The lowest BCUT2D eigenvalue weighted by Crippen LogP contribution is -2.44. The number of hydrogen-bond donors (Lipinski definition) is 1. The van der Waals surface area contributed by atoms with E-state index in [-0.39, 0.29) is 5.91 Å². The second kappa shape index (κ2) is 7.60. The molecule has 1 saturated heterocycles. The number of hydrogen-bond acceptors (Lipinski definition) is 2. The smallest absolute Gasteiger partial charge is 0.223 e. The SMILES string of the molecule is CC(C)C(CC(=O)N(C)C1CCNCC1)c1ccccc1. The highest BCUT2D eigenvalue weighted by Crippen LogP contribution is 2.29. The predicted molar refractivity (Wildman–Crippen MR) is 87.3 cm³/mol. The fourth-order valence-electron chi connectivity index (χ4n) is 3.17. The van der Waals surface area contributed by atoms with Gasteiger partial charge in [0.15, 0.2) is 0 Å². The zero-order valence-corrected chi connectivity index (χ0v) is 13.5. The number of nitrogens with zero attached hydrogens (tertiary/aromatic N) is 1. The summed E-state index contributed by atoms with van der Waals surface area (Å²) in [4.78, 5) is 14.6. The number of rotatable bonds is 5. The Morgan fingerprint density at radius 1 is 1.24 bits per heavy atom. The van der Waals surface area contributed by atoms with Gasteiger partial charge in [0.05, 0.1) is 0 Å². The topological polar surface area (TPSA) is 32.3 Å². The van der Waals surface area contributed by atoms with Crippen molar-refractivity contribution in [3.63, 3.8) is 0 Å². The first-order valence-electron chi connectivity index (χ1n) is 8.11. The van der Waals surface area contributed by atoms with Gasteiger partial charge in [0.25, 0.3) is 0 Å². The van der Waals surface area contributed by atoms with Crippen molar-refractivity contribution in [3.8, 4) is 0 Å². The maximum absolute atomic E-state index is 12.6. The molecule has 3 nitrogen and oxygen atoms in total. The summed E-state index contributed by atoms with van der Waals surface area (Å²) in [6.45, 7) is 6.45. The minimum absolute atomic E-state index is 0.282. The first-order chi connectivity index (χ1) is 10.1. The highest BCUT2D eigenvalue weighted by Gasteiger charge is 2.26. The molecule has 0 aliphatic carbocycles. The van der Waals surface area contributed by atoms with Crippen molar-refractivity contribution in [3.05, 3.63) is 35.9 Å². The van der Waals surface area contributed by atoms with Gasteiger partial charge in [-0.2, -0.15) is 0 Å². The number of amides is 1. The Morgan fingerprint density at radius 3 is 2.43 bits per heavy atom. The molecule has 1 aromatic rings. The molecule has 1 aliphatic heterocycles. The van der Waals surface area contributed by atoms with Crippen LogP contribution in [0.15, 0.2) is 30.3 Å². The van der Waals surface area contributed by atoms with E-state index in [1.54, 1.807) is 0 Å². The average Bonchev–Trinajstić information content (AvgIpc) is 2.53. The van der Waals surface area contributed by atoms with E-state index in [9.17, 15) is 4.79 Å². The van der Waals surface area contributed by atoms with Crippen molar-refractivity contribution in [1.82, 2.24) is 10.2 Å². The molecule has 1 aromatic carbocycles. The lowest BCUT2D eigenvalue weighted by molar-refractivity contribution is -0.133. The molecule has 3 heteroatoms. The standard InChI is InChI=1S/C18H28N2O/c1-14(2)17(15-7-5-4-6-8-15)13-18(21)20(3)16-9-11-19-12-10-16/h4-8,14,16-17,19H,9-13H2,1-3H3. The van der Waals surface area contributed by atoms with E-state index in [0.29, 0.717) is 24.3 Å². The van der Waals surface area contributed by atoms with Gasteiger partial charge in [-0.25, -0.2) is 0 Å². The van der Waals surface area contributed by atoms with Gasteiger partial charge in [-0.15, -0.1) is 0 Å². The summed E-state index contributed by atoms with van der Waals surface area (Å²) < 4.78 is 0. The molecule has 0 aromatic heterocycles. The van der Waals surface area contributed by atoms with E-state index < -0.39 is 0 Å². The molecule has 1 atom stereocenters. The molecule has 1 unspecified atom stereocenters. The molecule has 21 heavy (non-hydrogen) atoms. The number of nitrogens with one attached hydrogen (secondary N) is 1. The molecule has 0 bridgehead atoms. The molecule has 0 radical (unpaired) electrons. The van der Waals surface area contributed by atoms with Gasteiger partial charge in [0, 0.05) is 19.5 Å². The number of carbonyl (C=O) groups excluding carboxylic acids is 1. The minimum atomic E-state index is 0.282. The summed E-state index contributed by atoms with van der Waals surface area (Å²) in [5, 5.41) is 3.36. The van der Waals surface area contributed by atoms with Gasteiger partial charge in [-0.1, -0.05) is 44.2 Å². The normalized spacial score (nSPS) is 17.7. The van der Waals surface area contributed by atoms with Crippen molar-refractivity contribution in [2.45, 2.75) is 45.1 Å². The summed E-state index contributed by atoms with van der Waals surface area (Å²) >= 11 is 0. The first kappa shape index (κ1) is 16.0. The van der Waals surface area contributed by atoms with E-state index in [0.717, 1.165) is 25.9 Å². The highest BCUT2D eigenvalue weighted by molar-refractivity contribution is 5.77. The summed E-state index contributed by atoms with van der Waals surface area (Å²) in [6.07, 6.45) is 2.75. The molecule has 2 rings (SSSR count). The van der Waals surface area contributed by atoms with Crippen LogP contribution in [0, 0.1) is 5.92 Å². The Hall–Kier alpha value is -1.35. The fraction of sp³-hybridized carbons (Fsp3) is 0.611. The molecule has 1 heterocycles. The van der Waals surface area contributed by atoms with Crippen molar-refractivity contribution in [2.24, 2.45) is 5.92 Å². The van der Waals surface area contributed by atoms with Gasteiger partial charge in [-0.3, -0.25) is 4.79 Å². The molecular weight excluding hydrogens is 260 g/mol. The highest BCUT2D eigenvalue weighted by atomic mass is 16.2.